The topological polar surface area (TPSA) is 67.4 Å². The van der Waals surface area contributed by atoms with Crippen LogP contribution in [0.25, 0.3) is 0 Å². The molecule has 0 amide bonds. The first-order valence-corrected chi connectivity index (χ1v) is 5.72. The Bertz CT molecular complexity index is 214. The van der Waals surface area contributed by atoms with Crippen LogP contribution < -0.4 is 9.44 Å². The number of ether oxygens (including phenoxy) is 1. The molecule has 0 aliphatic rings. The van der Waals surface area contributed by atoms with E-state index in [1.165, 1.54) is 0 Å². The maximum absolute atomic E-state index is 11.1. The molecule has 0 atom stereocenters. The van der Waals surface area contributed by atoms with Crippen molar-refractivity contribution in [3.05, 3.63) is 0 Å². The van der Waals surface area contributed by atoms with E-state index in [-0.39, 0.29) is 6.04 Å². The van der Waals surface area contributed by atoms with Crippen molar-refractivity contribution in [3.8, 4) is 0 Å². The summed E-state index contributed by atoms with van der Waals surface area (Å²) in [5, 5.41) is 0. The second-order valence-electron chi connectivity index (χ2n) is 3.02. The molecule has 0 spiro atoms. The van der Waals surface area contributed by atoms with Crippen LogP contribution in [0.5, 0.6) is 0 Å². The number of rotatable bonds is 7. The predicted octanol–water partition coefficient (Wildman–Crippen LogP) is -0.145. The third kappa shape index (κ3) is 8.17. The van der Waals surface area contributed by atoms with Gasteiger partial charge < -0.3 is 4.74 Å². The average Bonchev–Trinajstić information content (AvgIpc) is 1.95. The Morgan fingerprint density at radius 2 is 2.00 bits per heavy atom. The van der Waals surface area contributed by atoms with Crippen molar-refractivity contribution in [2.75, 3.05) is 20.3 Å². The molecule has 0 aromatic carbocycles. The molecule has 0 bridgehead atoms. The third-order valence-corrected chi connectivity index (χ3v) is 2.57. The smallest absolute Gasteiger partial charge is 0.277 e. The first-order chi connectivity index (χ1) is 5.98. The van der Waals surface area contributed by atoms with E-state index in [4.69, 9.17) is 4.74 Å². The van der Waals surface area contributed by atoms with Gasteiger partial charge in [0.15, 0.2) is 0 Å². The monoisotopic (exact) mass is 210 g/mol. The van der Waals surface area contributed by atoms with Gasteiger partial charge in [-0.3, -0.25) is 0 Å². The molecule has 0 unspecified atom stereocenters. The van der Waals surface area contributed by atoms with Crippen molar-refractivity contribution in [2.24, 2.45) is 0 Å². The first kappa shape index (κ1) is 12.8. The maximum Gasteiger partial charge on any atom is 0.277 e. The molecule has 5 nitrogen and oxygen atoms in total. The lowest BCUT2D eigenvalue weighted by atomic mass is 10.4. The largest absolute Gasteiger partial charge is 0.385 e. The Hall–Kier alpha value is -0.170. The summed E-state index contributed by atoms with van der Waals surface area (Å²) in [6.45, 7) is 4.50. The molecule has 13 heavy (non-hydrogen) atoms. The molecule has 0 aromatic rings. The molecule has 0 aromatic heterocycles. The van der Waals surface area contributed by atoms with Gasteiger partial charge in [-0.25, -0.2) is 4.72 Å². The van der Waals surface area contributed by atoms with Crippen molar-refractivity contribution in [1.29, 1.82) is 0 Å². The Kier molecular flexibility index (Phi) is 6.23. The van der Waals surface area contributed by atoms with E-state index in [0.717, 1.165) is 0 Å². The van der Waals surface area contributed by atoms with Crippen LogP contribution in [-0.4, -0.2) is 34.7 Å². The summed E-state index contributed by atoms with van der Waals surface area (Å²) in [7, 11) is -1.73. The Labute approximate surface area is 80.0 Å². The minimum Gasteiger partial charge on any atom is -0.385 e. The maximum atomic E-state index is 11.1. The lowest BCUT2D eigenvalue weighted by Gasteiger charge is -2.09. The Morgan fingerprint density at radius 3 is 2.46 bits per heavy atom. The standard InChI is InChI=1S/C7H18N2O3S/c1-7(2)9-13(10,11)8-5-4-6-12-3/h7-9H,4-6H2,1-3H3. The molecule has 2 N–H and O–H groups in total. The molecule has 0 heterocycles. The lowest BCUT2D eigenvalue weighted by molar-refractivity contribution is 0.196. The van der Waals surface area contributed by atoms with Gasteiger partial charge >= 0.3 is 0 Å². The van der Waals surface area contributed by atoms with E-state index in [1.807, 2.05) is 0 Å². The highest BCUT2D eigenvalue weighted by atomic mass is 32.2. The molecule has 80 valence electrons. The average molecular weight is 210 g/mol. The van der Waals surface area contributed by atoms with E-state index in [2.05, 4.69) is 9.44 Å². The molecule has 6 heteroatoms. The molecule has 0 saturated carbocycles. The van der Waals surface area contributed by atoms with Gasteiger partial charge in [0.05, 0.1) is 0 Å². The Balaban J connectivity index is 3.64. The van der Waals surface area contributed by atoms with Crippen molar-refractivity contribution >= 4 is 10.2 Å². The number of methoxy groups -OCH3 is 1. The number of nitrogens with one attached hydrogen (secondary N) is 2. The second-order valence-corrected chi connectivity index (χ2v) is 4.55. The van der Waals surface area contributed by atoms with Crippen molar-refractivity contribution in [1.82, 2.24) is 9.44 Å². The summed E-state index contributed by atoms with van der Waals surface area (Å²) in [5.41, 5.74) is 0. The molecular weight excluding hydrogens is 192 g/mol. The van der Waals surface area contributed by atoms with Gasteiger partial charge in [0.1, 0.15) is 0 Å². The van der Waals surface area contributed by atoms with Crippen LogP contribution in [0.1, 0.15) is 20.3 Å². The van der Waals surface area contributed by atoms with Gasteiger partial charge in [0.25, 0.3) is 10.2 Å². The molecule has 0 saturated heterocycles. The van der Waals surface area contributed by atoms with Crippen molar-refractivity contribution < 1.29 is 13.2 Å². The molecule has 0 radical (unpaired) electrons. The summed E-state index contributed by atoms with van der Waals surface area (Å²) >= 11 is 0. The van der Waals surface area contributed by atoms with Gasteiger partial charge in [-0.05, 0) is 20.3 Å². The van der Waals surface area contributed by atoms with Gasteiger partial charge in [-0.1, -0.05) is 0 Å². The number of hydrogen-bond acceptors (Lipinski definition) is 3. The first-order valence-electron chi connectivity index (χ1n) is 4.24. The van der Waals surface area contributed by atoms with Crippen LogP contribution in [0, 0.1) is 0 Å². The van der Waals surface area contributed by atoms with E-state index < -0.39 is 10.2 Å². The molecule has 0 aliphatic heterocycles. The summed E-state index contributed by atoms with van der Waals surface area (Å²) in [5.74, 6) is 0. The summed E-state index contributed by atoms with van der Waals surface area (Å²) in [6.07, 6.45) is 0.676. The molecule has 0 fully saturated rings. The molecular formula is C7H18N2O3S. The van der Waals surface area contributed by atoms with Crippen LogP contribution in [0.3, 0.4) is 0 Å². The van der Waals surface area contributed by atoms with Crippen LogP contribution in [0.2, 0.25) is 0 Å². The highest BCUT2D eigenvalue weighted by molar-refractivity contribution is 7.87. The van der Waals surface area contributed by atoms with Crippen molar-refractivity contribution in [3.63, 3.8) is 0 Å². The zero-order valence-corrected chi connectivity index (χ0v) is 9.15. The SMILES string of the molecule is COCCCNS(=O)(=O)NC(C)C. The Morgan fingerprint density at radius 1 is 1.38 bits per heavy atom. The van der Waals surface area contributed by atoms with E-state index >= 15 is 0 Å². The minimum absolute atomic E-state index is 0.0834. The van der Waals surface area contributed by atoms with Crippen LogP contribution in [0.15, 0.2) is 0 Å². The lowest BCUT2D eigenvalue weighted by Crippen LogP contribution is -2.40. The van der Waals surface area contributed by atoms with Crippen LogP contribution >= 0.6 is 0 Å². The minimum atomic E-state index is -3.32. The van der Waals surface area contributed by atoms with Crippen molar-refractivity contribution in [2.45, 2.75) is 26.3 Å². The van der Waals surface area contributed by atoms with E-state index in [1.54, 1.807) is 21.0 Å². The summed E-state index contributed by atoms with van der Waals surface area (Å²) in [4.78, 5) is 0. The quantitative estimate of drug-likeness (QED) is 0.574. The van der Waals surface area contributed by atoms with Crippen LogP contribution in [-0.2, 0) is 14.9 Å². The molecule has 0 aliphatic carbocycles. The zero-order valence-electron chi connectivity index (χ0n) is 8.33. The van der Waals surface area contributed by atoms with E-state index in [0.29, 0.717) is 19.6 Å². The second kappa shape index (κ2) is 6.31. The highest BCUT2D eigenvalue weighted by Crippen LogP contribution is 1.84. The normalized spacial score (nSPS) is 12.3. The van der Waals surface area contributed by atoms with Gasteiger partial charge in [-0.15, -0.1) is 0 Å². The highest BCUT2D eigenvalue weighted by Gasteiger charge is 2.09. The third-order valence-electron chi connectivity index (χ3n) is 1.21. The van der Waals surface area contributed by atoms with E-state index in [9.17, 15) is 8.42 Å². The number of hydrogen-bond donors (Lipinski definition) is 2. The fourth-order valence-corrected chi connectivity index (χ4v) is 1.89. The van der Waals surface area contributed by atoms with Gasteiger partial charge in [-0.2, -0.15) is 13.1 Å². The molecule has 0 rings (SSSR count). The van der Waals surface area contributed by atoms with Crippen LogP contribution in [0.4, 0.5) is 0 Å². The summed E-state index contributed by atoms with van der Waals surface area (Å²) in [6, 6.07) is -0.0834. The predicted molar refractivity (Wildman–Crippen MR) is 51.7 cm³/mol. The summed E-state index contributed by atoms with van der Waals surface area (Å²) < 4.78 is 31.9. The fraction of sp³-hybridized carbons (Fsp3) is 1.00. The van der Waals surface area contributed by atoms with Gasteiger partial charge in [0.2, 0.25) is 0 Å². The van der Waals surface area contributed by atoms with Gasteiger partial charge in [0, 0.05) is 26.3 Å². The fourth-order valence-electron chi connectivity index (χ4n) is 0.775. The zero-order chi connectivity index (χ0) is 10.3.